The molecule has 0 aliphatic heterocycles. The van der Waals surface area contributed by atoms with Gasteiger partial charge in [0.25, 0.3) is 10.0 Å². The first-order chi connectivity index (χ1) is 19.4. The fourth-order valence-electron chi connectivity index (χ4n) is 4.04. The van der Waals surface area contributed by atoms with Crippen LogP contribution in [0, 0.1) is 6.92 Å². The number of carbonyl (C=O) groups is 2. The summed E-state index contributed by atoms with van der Waals surface area (Å²) in [6, 6.07) is 17.3. The third kappa shape index (κ3) is 8.24. The molecule has 1 N–H and O–H groups in total. The SMILES string of the molecule is CCC(C)NC(=O)C(C)N(Cc1ccc(Br)cc1)C(=O)CN(c1cc(Cl)ccc1OC)S(=O)(=O)c1ccc(C)cc1. The number of anilines is 1. The number of aryl methyl sites for hydroxylation is 1. The lowest BCUT2D eigenvalue weighted by Gasteiger charge is -2.33. The number of nitrogens with zero attached hydrogens (tertiary/aromatic N) is 2. The molecule has 0 saturated carbocycles. The summed E-state index contributed by atoms with van der Waals surface area (Å²) in [5, 5.41) is 3.19. The number of sulfonamides is 1. The molecule has 2 unspecified atom stereocenters. The van der Waals surface area contributed by atoms with E-state index in [1.807, 2.05) is 45.0 Å². The van der Waals surface area contributed by atoms with Gasteiger partial charge >= 0.3 is 0 Å². The van der Waals surface area contributed by atoms with Crippen molar-refractivity contribution in [3.63, 3.8) is 0 Å². The number of methoxy groups -OCH3 is 1. The minimum atomic E-state index is -4.26. The second kappa shape index (κ2) is 14.2. The maximum atomic E-state index is 14.1. The van der Waals surface area contributed by atoms with Crippen molar-refractivity contribution >= 4 is 55.1 Å². The molecule has 220 valence electrons. The second-order valence-electron chi connectivity index (χ2n) is 9.78. The molecule has 3 aromatic carbocycles. The Labute approximate surface area is 255 Å². The maximum Gasteiger partial charge on any atom is 0.264 e. The molecule has 0 radical (unpaired) electrons. The van der Waals surface area contributed by atoms with E-state index in [9.17, 15) is 18.0 Å². The Morgan fingerprint density at radius 2 is 1.66 bits per heavy atom. The summed E-state index contributed by atoms with van der Waals surface area (Å²) in [5.74, 6) is -0.685. The van der Waals surface area contributed by atoms with E-state index < -0.39 is 28.5 Å². The van der Waals surface area contributed by atoms with Gasteiger partial charge in [-0.3, -0.25) is 13.9 Å². The van der Waals surface area contributed by atoms with E-state index in [0.717, 1.165) is 26.3 Å². The van der Waals surface area contributed by atoms with Gasteiger partial charge in [-0.25, -0.2) is 8.42 Å². The molecule has 8 nitrogen and oxygen atoms in total. The van der Waals surface area contributed by atoms with E-state index in [1.165, 1.54) is 30.2 Å². The summed E-state index contributed by atoms with van der Waals surface area (Å²) < 4.78 is 35.4. The average Bonchev–Trinajstić information content (AvgIpc) is 2.95. The summed E-state index contributed by atoms with van der Waals surface area (Å²) in [6.45, 7) is 6.81. The van der Waals surface area contributed by atoms with Gasteiger partial charge in [-0.15, -0.1) is 0 Å². The quantitative estimate of drug-likeness (QED) is 0.258. The summed E-state index contributed by atoms with van der Waals surface area (Å²) >= 11 is 9.69. The third-order valence-electron chi connectivity index (χ3n) is 6.73. The topological polar surface area (TPSA) is 96.0 Å². The Balaban J connectivity index is 2.09. The van der Waals surface area contributed by atoms with Gasteiger partial charge in [0, 0.05) is 22.1 Å². The summed E-state index contributed by atoms with van der Waals surface area (Å²) in [7, 11) is -2.85. The smallest absolute Gasteiger partial charge is 0.264 e. The van der Waals surface area contributed by atoms with E-state index in [0.29, 0.717) is 0 Å². The van der Waals surface area contributed by atoms with Gasteiger partial charge < -0.3 is 15.0 Å². The molecule has 3 aromatic rings. The van der Waals surface area contributed by atoms with E-state index in [-0.39, 0.29) is 39.8 Å². The molecule has 0 aliphatic rings. The molecule has 2 atom stereocenters. The molecule has 0 saturated heterocycles. The lowest BCUT2D eigenvalue weighted by atomic mass is 10.1. The van der Waals surface area contributed by atoms with Gasteiger partial charge in [0.15, 0.2) is 0 Å². The van der Waals surface area contributed by atoms with Crippen LogP contribution in [0.5, 0.6) is 5.75 Å². The third-order valence-corrected chi connectivity index (χ3v) is 9.27. The molecule has 41 heavy (non-hydrogen) atoms. The fourth-order valence-corrected chi connectivity index (χ4v) is 5.89. The van der Waals surface area contributed by atoms with Crippen LogP contribution in [0.4, 0.5) is 5.69 Å². The van der Waals surface area contributed by atoms with Gasteiger partial charge in [-0.2, -0.15) is 0 Å². The van der Waals surface area contributed by atoms with Gasteiger partial charge in [0.1, 0.15) is 18.3 Å². The van der Waals surface area contributed by atoms with E-state index >= 15 is 0 Å². The van der Waals surface area contributed by atoms with E-state index in [4.69, 9.17) is 16.3 Å². The van der Waals surface area contributed by atoms with Crippen LogP contribution in [0.1, 0.15) is 38.3 Å². The average molecular weight is 665 g/mol. The molecule has 0 aliphatic carbocycles. The van der Waals surface area contributed by atoms with Crippen molar-refractivity contribution in [2.75, 3.05) is 18.0 Å². The number of halogens is 2. The molecule has 0 spiro atoms. The Kier molecular flexibility index (Phi) is 11.2. The minimum absolute atomic E-state index is 0.0000461. The number of hydrogen-bond acceptors (Lipinski definition) is 5. The Hall–Kier alpha value is -3.08. The molecule has 3 rings (SSSR count). The van der Waals surface area contributed by atoms with E-state index in [1.54, 1.807) is 31.2 Å². The van der Waals surface area contributed by atoms with Crippen LogP contribution >= 0.6 is 27.5 Å². The number of carbonyl (C=O) groups excluding carboxylic acids is 2. The van der Waals surface area contributed by atoms with Crippen LogP contribution in [-0.4, -0.2) is 50.9 Å². The Morgan fingerprint density at radius 1 is 1.02 bits per heavy atom. The van der Waals surface area contributed by atoms with Crippen LogP contribution in [0.3, 0.4) is 0 Å². The zero-order valence-corrected chi connectivity index (χ0v) is 26.9. The van der Waals surface area contributed by atoms with Crippen molar-refractivity contribution in [3.05, 3.63) is 87.4 Å². The van der Waals surface area contributed by atoms with Crippen LogP contribution in [0.2, 0.25) is 5.02 Å². The first-order valence-electron chi connectivity index (χ1n) is 13.1. The molecular formula is C30H35BrClN3O5S. The Bertz CT molecular complexity index is 1470. The zero-order valence-electron chi connectivity index (χ0n) is 23.7. The standard InChI is InChI=1S/C30H35BrClN3O5S/c1-6-21(3)33-30(37)22(4)34(18-23-9-11-24(31)12-10-23)29(36)19-35(27-17-25(32)13-16-28(27)40-5)41(38,39)26-14-7-20(2)8-15-26/h7-17,21-22H,6,18-19H2,1-5H3,(H,33,37). The molecule has 0 fully saturated rings. The lowest BCUT2D eigenvalue weighted by Crippen LogP contribution is -2.52. The van der Waals surface area contributed by atoms with Crippen molar-refractivity contribution in [3.8, 4) is 5.75 Å². The van der Waals surface area contributed by atoms with Crippen molar-refractivity contribution in [2.24, 2.45) is 0 Å². The van der Waals surface area contributed by atoms with Crippen molar-refractivity contribution in [1.82, 2.24) is 10.2 Å². The molecule has 0 heterocycles. The van der Waals surface area contributed by atoms with Gasteiger partial charge in [0.2, 0.25) is 11.8 Å². The predicted octanol–water partition coefficient (Wildman–Crippen LogP) is 5.95. The van der Waals surface area contributed by atoms with Crippen LogP contribution < -0.4 is 14.4 Å². The highest BCUT2D eigenvalue weighted by Gasteiger charge is 2.34. The largest absolute Gasteiger partial charge is 0.495 e. The fraction of sp³-hybridized carbons (Fsp3) is 0.333. The number of ether oxygens (including phenoxy) is 1. The number of hydrogen-bond donors (Lipinski definition) is 1. The highest BCUT2D eigenvalue weighted by atomic mass is 79.9. The predicted molar refractivity (Wildman–Crippen MR) is 166 cm³/mol. The Morgan fingerprint density at radius 3 is 2.24 bits per heavy atom. The first kappa shape index (κ1) is 32.4. The summed E-state index contributed by atoms with van der Waals surface area (Å²) in [6.07, 6.45) is 0.719. The summed E-state index contributed by atoms with van der Waals surface area (Å²) in [4.78, 5) is 28.6. The minimum Gasteiger partial charge on any atom is -0.495 e. The normalized spacial score (nSPS) is 12.8. The molecule has 0 bridgehead atoms. The van der Waals surface area contributed by atoms with Gasteiger partial charge in [-0.05, 0) is 75.2 Å². The van der Waals surface area contributed by atoms with Crippen molar-refractivity contribution < 1.29 is 22.7 Å². The van der Waals surface area contributed by atoms with Crippen molar-refractivity contribution in [2.45, 2.75) is 57.6 Å². The molecular weight excluding hydrogens is 630 g/mol. The van der Waals surface area contributed by atoms with E-state index in [2.05, 4.69) is 21.2 Å². The molecule has 11 heteroatoms. The zero-order chi connectivity index (χ0) is 30.3. The van der Waals surface area contributed by atoms with Crippen molar-refractivity contribution in [1.29, 1.82) is 0 Å². The number of rotatable bonds is 12. The number of amides is 2. The van der Waals surface area contributed by atoms with Crippen LogP contribution in [-0.2, 0) is 26.2 Å². The number of nitrogens with one attached hydrogen (secondary N) is 1. The van der Waals surface area contributed by atoms with Gasteiger partial charge in [-0.1, -0.05) is 64.3 Å². The van der Waals surface area contributed by atoms with Crippen LogP contribution in [0.25, 0.3) is 0 Å². The highest BCUT2D eigenvalue weighted by Crippen LogP contribution is 2.35. The maximum absolute atomic E-state index is 14.1. The van der Waals surface area contributed by atoms with Gasteiger partial charge in [0.05, 0.1) is 17.7 Å². The molecule has 2 amide bonds. The number of benzene rings is 3. The second-order valence-corrected chi connectivity index (χ2v) is 13.0. The summed E-state index contributed by atoms with van der Waals surface area (Å²) in [5.41, 5.74) is 1.76. The lowest BCUT2D eigenvalue weighted by molar-refractivity contribution is -0.139. The van der Waals surface area contributed by atoms with Crippen LogP contribution in [0.15, 0.2) is 76.1 Å². The monoisotopic (exact) mass is 663 g/mol. The first-order valence-corrected chi connectivity index (χ1v) is 15.8. The highest BCUT2D eigenvalue weighted by molar-refractivity contribution is 9.10. The molecule has 0 aromatic heterocycles.